The van der Waals surface area contributed by atoms with Gasteiger partial charge in [-0.25, -0.2) is 8.78 Å². The molecule has 2 nitrogen and oxygen atoms in total. The fraction of sp³-hybridized carbons (Fsp3) is 0.467. The van der Waals surface area contributed by atoms with Crippen LogP contribution in [0.25, 0.3) is 10.9 Å². The lowest BCUT2D eigenvalue weighted by molar-refractivity contribution is 0.204. The average molecular weight is 266 g/mol. The van der Waals surface area contributed by atoms with Crippen LogP contribution in [0.4, 0.5) is 8.78 Å². The van der Waals surface area contributed by atoms with Gasteiger partial charge in [-0.2, -0.15) is 0 Å². The van der Waals surface area contributed by atoms with Crippen molar-refractivity contribution in [3.63, 3.8) is 0 Å². The van der Waals surface area contributed by atoms with Crippen molar-refractivity contribution < 1.29 is 8.78 Å². The van der Waals surface area contributed by atoms with E-state index in [1.165, 1.54) is 12.1 Å². The van der Waals surface area contributed by atoms with Crippen LogP contribution in [0.15, 0.2) is 24.4 Å². The van der Waals surface area contributed by atoms with Gasteiger partial charge in [0.2, 0.25) is 0 Å². The summed E-state index contributed by atoms with van der Waals surface area (Å²) in [4.78, 5) is 3.12. The molecule has 0 aliphatic carbocycles. The molecular formula is C15H20F2N2. The molecule has 0 saturated heterocycles. The maximum Gasteiger partial charge on any atom is 0.123 e. The highest BCUT2D eigenvalue weighted by Gasteiger charge is 2.17. The Morgan fingerprint density at radius 2 is 2.11 bits per heavy atom. The first kappa shape index (κ1) is 14.0. The maximum absolute atomic E-state index is 13.4. The number of alkyl halides is 1. The summed E-state index contributed by atoms with van der Waals surface area (Å²) in [7, 11) is 0. The van der Waals surface area contributed by atoms with E-state index in [4.69, 9.17) is 0 Å². The van der Waals surface area contributed by atoms with E-state index < -0.39 is 5.67 Å². The van der Waals surface area contributed by atoms with E-state index in [0.29, 0.717) is 6.54 Å². The van der Waals surface area contributed by atoms with Gasteiger partial charge in [0.1, 0.15) is 11.5 Å². The number of aromatic amines is 1. The maximum atomic E-state index is 13.4. The number of H-pyrrole nitrogens is 1. The molecule has 0 bridgehead atoms. The van der Waals surface area contributed by atoms with E-state index in [0.717, 1.165) is 22.9 Å². The highest BCUT2D eigenvalue weighted by molar-refractivity contribution is 5.83. The Hall–Kier alpha value is -1.42. The van der Waals surface area contributed by atoms with Gasteiger partial charge in [-0.05, 0) is 51.0 Å². The number of rotatable bonds is 5. The van der Waals surface area contributed by atoms with Gasteiger partial charge in [0.05, 0.1) is 0 Å². The minimum Gasteiger partial charge on any atom is -0.361 e. The summed E-state index contributed by atoms with van der Waals surface area (Å²) in [5, 5.41) is 4.05. The minimum atomic E-state index is -1.22. The van der Waals surface area contributed by atoms with Crippen molar-refractivity contribution in [1.82, 2.24) is 10.3 Å². The van der Waals surface area contributed by atoms with Gasteiger partial charge in [-0.1, -0.05) is 0 Å². The second kappa shape index (κ2) is 5.29. The normalized spacial score (nSPS) is 13.9. The number of hydrogen-bond donors (Lipinski definition) is 2. The smallest absolute Gasteiger partial charge is 0.123 e. The van der Waals surface area contributed by atoms with Crippen molar-refractivity contribution >= 4 is 10.9 Å². The summed E-state index contributed by atoms with van der Waals surface area (Å²) in [6.07, 6.45) is 2.63. The zero-order valence-electron chi connectivity index (χ0n) is 11.6. The van der Waals surface area contributed by atoms with Crippen LogP contribution in [0.5, 0.6) is 0 Å². The monoisotopic (exact) mass is 266 g/mol. The summed E-state index contributed by atoms with van der Waals surface area (Å²) >= 11 is 0. The standard InChI is InChI=1S/C15H20F2N2/c1-10(19-9-15(2,3)17)6-11-8-18-14-5-4-12(16)7-13(11)14/h4-5,7-8,10,18-19H,6,9H2,1-3H3. The molecule has 0 amide bonds. The first-order chi connectivity index (χ1) is 8.85. The number of aromatic nitrogens is 1. The lowest BCUT2D eigenvalue weighted by Gasteiger charge is -2.19. The van der Waals surface area contributed by atoms with E-state index in [-0.39, 0.29) is 11.9 Å². The van der Waals surface area contributed by atoms with Crippen LogP contribution >= 0.6 is 0 Å². The Morgan fingerprint density at radius 1 is 1.37 bits per heavy atom. The van der Waals surface area contributed by atoms with Crippen molar-refractivity contribution in [1.29, 1.82) is 0 Å². The molecule has 0 radical (unpaired) electrons. The Kier molecular flexibility index (Phi) is 3.90. The fourth-order valence-electron chi connectivity index (χ4n) is 2.14. The molecular weight excluding hydrogens is 246 g/mol. The molecule has 1 heterocycles. The van der Waals surface area contributed by atoms with Gasteiger partial charge < -0.3 is 10.3 Å². The SMILES string of the molecule is CC(Cc1c[nH]c2ccc(F)cc12)NCC(C)(C)F. The number of nitrogens with one attached hydrogen (secondary N) is 2. The number of halogens is 2. The largest absolute Gasteiger partial charge is 0.361 e. The van der Waals surface area contributed by atoms with Gasteiger partial charge in [-0.3, -0.25) is 0 Å². The highest BCUT2D eigenvalue weighted by Crippen LogP contribution is 2.20. The van der Waals surface area contributed by atoms with E-state index in [1.807, 2.05) is 13.1 Å². The molecule has 0 spiro atoms. The Balaban J connectivity index is 2.06. The lowest BCUT2D eigenvalue weighted by Crippen LogP contribution is -2.37. The minimum absolute atomic E-state index is 0.136. The van der Waals surface area contributed by atoms with Crippen molar-refractivity contribution in [2.24, 2.45) is 0 Å². The van der Waals surface area contributed by atoms with Gasteiger partial charge in [0.25, 0.3) is 0 Å². The predicted molar refractivity (Wildman–Crippen MR) is 74.6 cm³/mol. The molecule has 0 fully saturated rings. The third kappa shape index (κ3) is 3.77. The molecule has 2 N–H and O–H groups in total. The Morgan fingerprint density at radius 3 is 2.79 bits per heavy atom. The molecule has 2 rings (SSSR count). The van der Waals surface area contributed by atoms with Crippen LogP contribution in [-0.4, -0.2) is 23.2 Å². The molecule has 19 heavy (non-hydrogen) atoms. The summed E-state index contributed by atoms with van der Waals surface area (Å²) in [5.41, 5.74) is 0.751. The second-order valence-electron chi connectivity index (χ2n) is 5.71. The zero-order chi connectivity index (χ0) is 14.0. The molecule has 1 aromatic carbocycles. The van der Waals surface area contributed by atoms with E-state index in [9.17, 15) is 8.78 Å². The van der Waals surface area contributed by atoms with Crippen LogP contribution in [0.1, 0.15) is 26.3 Å². The van der Waals surface area contributed by atoms with Crippen LogP contribution in [-0.2, 0) is 6.42 Å². The fourth-order valence-corrected chi connectivity index (χ4v) is 2.14. The highest BCUT2D eigenvalue weighted by atomic mass is 19.1. The molecule has 104 valence electrons. The Bertz CT molecular complexity index is 555. The second-order valence-corrected chi connectivity index (χ2v) is 5.71. The number of hydrogen-bond acceptors (Lipinski definition) is 1. The van der Waals surface area contributed by atoms with Crippen LogP contribution in [0, 0.1) is 5.82 Å². The summed E-state index contributed by atoms with van der Waals surface area (Å²) in [5.74, 6) is -0.237. The van der Waals surface area contributed by atoms with Gasteiger partial charge >= 0.3 is 0 Å². The molecule has 1 aromatic heterocycles. The molecule has 1 unspecified atom stereocenters. The molecule has 0 saturated carbocycles. The van der Waals surface area contributed by atoms with Crippen LogP contribution in [0.3, 0.4) is 0 Å². The average Bonchev–Trinajstić information content (AvgIpc) is 2.68. The summed E-state index contributed by atoms with van der Waals surface area (Å²) in [6.45, 7) is 5.41. The number of benzene rings is 1. The van der Waals surface area contributed by atoms with Gasteiger partial charge in [0, 0.05) is 29.7 Å². The van der Waals surface area contributed by atoms with Crippen molar-refractivity contribution in [2.45, 2.75) is 38.9 Å². The quantitative estimate of drug-likeness (QED) is 0.850. The third-order valence-corrected chi connectivity index (χ3v) is 3.13. The molecule has 0 aliphatic rings. The first-order valence-electron chi connectivity index (χ1n) is 6.53. The summed E-state index contributed by atoms with van der Waals surface area (Å²) < 4.78 is 26.7. The summed E-state index contributed by atoms with van der Waals surface area (Å²) in [6, 6.07) is 4.84. The van der Waals surface area contributed by atoms with Crippen LogP contribution < -0.4 is 5.32 Å². The van der Waals surface area contributed by atoms with E-state index in [1.54, 1.807) is 19.9 Å². The lowest BCUT2D eigenvalue weighted by atomic mass is 10.0. The first-order valence-corrected chi connectivity index (χ1v) is 6.53. The van der Waals surface area contributed by atoms with Gasteiger partial charge in [0.15, 0.2) is 0 Å². The molecule has 2 aromatic rings. The molecule has 0 aliphatic heterocycles. The Labute approximate surface area is 112 Å². The van der Waals surface area contributed by atoms with Crippen molar-refractivity contribution in [3.05, 3.63) is 35.8 Å². The molecule has 4 heteroatoms. The third-order valence-electron chi connectivity index (χ3n) is 3.13. The van der Waals surface area contributed by atoms with E-state index >= 15 is 0 Å². The van der Waals surface area contributed by atoms with Crippen molar-refractivity contribution in [2.75, 3.05) is 6.54 Å². The van der Waals surface area contributed by atoms with E-state index in [2.05, 4.69) is 10.3 Å². The predicted octanol–water partition coefficient (Wildman–Crippen LogP) is 3.58. The molecule has 1 atom stereocenters. The zero-order valence-corrected chi connectivity index (χ0v) is 11.6. The van der Waals surface area contributed by atoms with Crippen molar-refractivity contribution in [3.8, 4) is 0 Å². The topological polar surface area (TPSA) is 27.8 Å². The number of fused-ring (bicyclic) bond motifs is 1. The van der Waals surface area contributed by atoms with Crippen LogP contribution in [0.2, 0.25) is 0 Å². The van der Waals surface area contributed by atoms with Gasteiger partial charge in [-0.15, -0.1) is 0 Å².